The van der Waals surface area contributed by atoms with Crippen LogP contribution in [0.3, 0.4) is 0 Å². The fourth-order valence-corrected chi connectivity index (χ4v) is 4.56. The van der Waals surface area contributed by atoms with E-state index in [4.69, 9.17) is 0 Å². The summed E-state index contributed by atoms with van der Waals surface area (Å²) in [6, 6.07) is 51.9. The minimum Gasteiger partial charge on any atom is -0.305 e. The van der Waals surface area contributed by atoms with Gasteiger partial charge in [0.05, 0.1) is 0 Å². The van der Waals surface area contributed by atoms with E-state index in [2.05, 4.69) is 88.8 Å². The predicted octanol–water partition coefficient (Wildman–Crippen LogP) is 9.07. The molecule has 0 N–H and O–H groups in total. The second kappa shape index (κ2) is 12.4. The smallest absolute Gasteiger partial charge is 0.0160 e. The molecule has 5 aromatic carbocycles. The zero-order valence-corrected chi connectivity index (χ0v) is 23.5. The second-order valence-corrected chi connectivity index (χ2v) is 8.92. The van der Waals surface area contributed by atoms with Crippen LogP contribution in [0, 0.1) is 12.1 Å². The van der Waals surface area contributed by atoms with Crippen molar-refractivity contribution in [1.82, 2.24) is 9.97 Å². The predicted molar refractivity (Wildman–Crippen MR) is 157 cm³/mol. The maximum Gasteiger partial charge on any atom is 0.0160 e. The summed E-state index contributed by atoms with van der Waals surface area (Å²) in [7, 11) is 0. The molecule has 0 saturated heterocycles. The average Bonchev–Trinajstić information content (AvgIpc) is 3.02. The summed E-state index contributed by atoms with van der Waals surface area (Å²) in [5.41, 5.74) is 6.38. The van der Waals surface area contributed by atoms with E-state index < -0.39 is 0 Å². The third kappa shape index (κ3) is 6.02. The number of hydrogen-bond donors (Lipinski definition) is 0. The number of aromatic nitrogens is 2. The van der Waals surface area contributed by atoms with Crippen LogP contribution in [0.25, 0.3) is 55.2 Å². The quantitative estimate of drug-likeness (QED) is 0.138. The Morgan fingerprint density at radius 3 is 1.82 bits per heavy atom. The molecule has 189 valence electrons. The molecule has 2 aromatic heterocycles. The largest absolute Gasteiger partial charge is 0.305 e. The maximum absolute atomic E-state index is 4.40. The Balaban J connectivity index is 0.000000155. The van der Waals surface area contributed by atoms with Crippen molar-refractivity contribution in [3.8, 4) is 33.6 Å². The Bertz CT molecular complexity index is 1750. The molecule has 2 nitrogen and oxygen atoms in total. The Morgan fingerprint density at radius 2 is 1.10 bits per heavy atom. The van der Waals surface area contributed by atoms with Crippen LogP contribution >= 0.6 is 0 Å². The molecule has 0 bridgehead atoms. The van der Waals surface area contributed by atoms with Gasteiger partial charge in [-0.1, -0.05) is 102 Å². The molecule has 7 aromatic rings. The zero-order valence-electron chi connectivity index (χ0n) is 21.1. The van der Waals surface area contributed by atoms with E-state index in [9.17, 15) is 0 Å². The zero-order chi connectivity index (χ0) is 25.6. The van der Waals surface area contributed by atoms with E-state index in [1.807, 2.05) is 72.9 Å². The number of fused-ring (bicyclic) bond motifs is 3. The van der Waals surface area contributed by atoms with Gasteiger partial charge in [-0.2, -0.15) is 0 Å². The summed E-state index contributed by atoms with van der Waals surface area (Å²) in [6.07, 6.45) is 3.62. The van der Waals surface area contributed by atoms with E-state index in [1.54, 1.807) is 6.20 Å². The summed E-state index contributed by atoms with van der Waals surface area (Å²) in [4.78, 5) is 8.76. The van der Waals surface area contributed by atoms with Gasteiger partial charge in [0.25, 0.3) is 0 Å². The Hall–Kier alpha value is -4.43. The number of pyridine rings is 2. The summed E-state index contributed by atoms with van der Waals surface area (Å²) in [5.74, 6) is 0. The molecule has 0 spiro atoms. The molecule has 0 atom stereocenters. The summed E-state index contributed by atoms with van der Waals surface area (Å²) >= 11 is 0. The molecule has 3 heteroatoms. The minimum atomic E-state index is 0. The first kappa shape index (κ1) is 26.2. The molecule has 0 amide bonds. The van der Waals surface area contributed by atoms with Crippen LogP contribution in [-0.4, -0.2) is 9.97 Å². The first-order chi connectivity index (χ1) is 18.8. The van der Waals surface area contributed by atoms with E-state index in [0.29, 0.717) is 0 Å². The van der Waals surface area contributed by atoms with E-state index >= 15 is 0 Å². The minimum absolute atomic E-state index is 0. The number of hydrogen-bond acceptors (Lipinski definition) is 2. The van der Waals surface area contributed by atoms with Crippen LogP contribution in [0.5, 0.6) is 0 Å². The van der Waals surface area contributed by atoms with Crippen LogP contribution < -0.4 is 0 Å². The van der Waals surface area contributed by atoms with E-state index in [1.165, 1.54) is 32.7 Å². The molecule has 0 aliphatic heterocycles. The van der Waals surface area contributed by atoms with Crippen LogP contribution in [0.1, 0.15) is 0 Å². The SMILES string of the molecule is [Ir].[c-]1cc2ccc3ccccc3c2cc1-c1ccccn1.[c-]1ccc(-c2ccccc2)cc1-c1ccccn1. The molecule has 0 saturated carbocycles. The molecule has 1 radical (unpaired) electrons. The van der Waals surface area contributed by atoms with Crippen LogP contribution in [0.4, 0.5) is 0 Å². The van der Waals surface area contributed by atoms with Gasteiger partial charge in [-0.25, -0.2) is 0 Å². The van der Waals surface area contributed by atoms with Gasteiger partial charge >= 0.3 is 0 Å². The van der Waals surface area contributed by atoms with E-state index in [-0.39, 0.29) is 20.1 Å². The average molecular weight is 677 g/mol. The molecule has 0 aliphatic rings. The standard InChI is InChI=1S/C19H12N.C17H12N.Ir/c1-2-6-17-14(5-1)8-9-15-10-11-16(13-18(15)17)19-7-3-4-12-20-19;1-2-7-14(8-3-1)15-9-6-10-16(13-15)17-11-4-5-12-18-17;/h1-10,12-13H;1-9,11-13H;/q2*-1;. The molecule has 0 aliphatic carbocycles. The van der Waals surface area contributed by atoms with Gasteiger partial charge in [-0.05, 0) is 39.9 Å². The summed E-state index contributed by atoms with van der Waals surface area (Å²) in [5, 5.41) is 5.00. The third-order valence-electron chi connectivity index (χ3n) is 6.47. The van der Waals surface area contributed by atoms with Crippen LogP contribution in [0.2, 0.25) is 0 Å². The molecule has 2 heterocycles. The van der Waals surface area contributed by atoms with Crippen molar-refractivity contribution in [2.24, 2.45) is 0 Å². The molecule has 0 unspecified atom stereocenters. The van der Waals surface area contributed by atoms with Crippen LogP contribution in [0.15, 0.2) is 146 Å². The maximum atomic E-state index is 4.40. The van der Waals surface area contributed by atoms with Gasteiger partial charge in [-0.15, -0.1) is 59.2 Å². The number of nitrogens with zero attached hydrogens (tertiary/aromatic N) is 2. The number of rotatable bonds is 3. The van der Waals surface area contributed by atoms with Gasteiger partial charge in [0.15, 0.2) is 0 Å². The fourth-order valence-electron chi connectivity index (χ4n) is 4.56. The molecule has 39 heavy (non-hydrogen) atoms. The fraction of sp³-hybridized carbons (Fsp3) is 0. The topological polar surface area (TPSA) is 25.8 Å². The summed E-state index contributed by atoms with van der Waals surface area (Å²) in [6.45, 7) is 0. The Morgan fingerprint density at radius 1 is 0.462 bits per heavy atom. The second-order valence-electron chi connectivity index (χ2n) is 8.92. The first-order valence-corrected chi connectivity index (χ1v) is 12.6. The molecule has 0 fully saturated rings. The van der Waals surface area contributed by atoms with Gasteiger partial charge in [0, 0.05) is 32.5 Å². The van der Waals surface area contributed by atoms with Crippen molar-refractivity contribution in [3.63, 3.8) is 0 Å². The van der Waals surface area contributed by atoms with Gasteiger partial charge in [0.2, 0.25) is 0 Å². The molecular formula is C36H24IrN2-2. The normalized spacial score (nSPS) is 10.4. The summed E-state index contributed by atoms with van der Waals surface area (Å²) < 4.78 is 0. The van der Waals surface area contributed by atoms with Crippen molar-refractivity contribution >= 4 is 21.5 Å². The Kier molecular flexibility index (Phi) is 8.33. The van der Waals surface area contributed by atoms with Crippen molar-refractivity contribution in [3.05, 3.63) is 158 Å². The van der Waals surface area contributed by atoms with Crippen molar-refractivity contribution in [2.45, 2.75) is 0 Å². The van der Waals surface area contributed by atoms with Crippen LogP contribution in [-0.2, 0) is 20.1 Å². The number of benzene rings is 5. The van der Waals surface area contributed by atoms with Gasteiger partial charge in [-0.3, -0.25) is 0 Å². The van der Waals surface area contributed by atoms with Gasteiger partial charge in [0.1, 0.15) is 0 Å². The molecular weight excluding hydrogens is 653 g/mol. The van der Waals surface area contributed by atoms with Gasteiger partial charge < -0.3 is 9.97 Å². The van der Waals surface area contributed by atoms with Crippen molar-refractivity contribution in [1.29, 1.82) is 0 Å². The monoisotopic (exact) mass is 677 g/mol. The van der Waals surface area contributed by atoms with Crippen molar-refractivity contribution < 1.29 is 20.1 Å². The van der Waals surface area contributed by atoms with Crippen molar-refractivity contribution in [2.75, 3.05) is 0 Å². The molecule has 7 rings (SSSR count). The third-order valence-corrected chi connectivity index (χ3v) is 6.47. The van der Waals surface area contributed by atoms with E-state index in [0.717, 1.165) is 22.5 Å². The Labute approximate surface area is 242 Å². The first-order valence-electron chi connectivity index (χ1n) is 12.6.